The van der Waals surface area contributed by atoms with Crippen molar-refractivity contribution in [2.45, 2.75) is 5.16 Å². The summed E-state index contributed by atoms with van der Waals surface area (Å²) < 4.78 is 1.83. The summed E-state index contributed by atoms with van der Waals surface area (Å²) in [6.07, 6.45) is 1.68. The number of hydrogen-bond acceptors (Lipinski definition) is 6. The van der Waals surface area contributed by atoms with Gasteiger partial charge in [-0.25, -0.2) is 0 Å². The van der Waals surface area contributed by atoms with E-state index in [1.165, 1.54) is 11.8 Å². The minimum Gasteiger partial charge on any atom is -0.366 e. The van der Waals surface area contributed by atoms with Crippen molar-refractivity contribution in [1.82, 2.24) is 19.7 Å². The van der Waals surface area contributed by atoms with Crippen molar-refractivity contribution < 1.29 is 9.59 Å². The average molecular weight is 465 g/mol. The maximum absolute atomic E-state index is 12.5. The molecule has 3 N–H and O–H groups in total. The molecule has 0 radical (unpaired) electrons. The largest absolute Gasteiger partial charge is 0.366 e. The van der Waals surface area contributed by atoms with Gasteiger partial charge >= 0.3 is 0 Å². The number of rotatable bonds is 7. The van der Waals surface area contributed by atoms with Crippen molar-refractivity contribution in [1.29, 1.82) is 0 Å². The predicted molar refractivity (Wildman–Crippen MR) is 124 cm³/mol. The second kappa shape index (κ2) is 9.63. The number of nitrogens with one attached hydrogen (secondary N) is 1. The first-order chi connectivity index (χ1) is 15.5. The third-order valence-electron chi connectivity index (χ3n) is 4.40. The lowest BCUT2D eigenvalue weighted by molar-refractivity contribution is -0.113. The van der Waals surface area contributed by atoms with Crippen LogP contribution in [-0.2, 0) is 4.79 Å². The quantitative estimate of drug-likeness (QED) is 0.402. The molecule has 0 atom stereocenters. The fourth-order valence-corrected chi connectivity index (χ4v) is 3.77. The summed E-state index contributed by atoms with van der Waals surface area (Å²) in [6.45, 7) is 0. The van der Waals surface area contributed by atoms with E-state index in [2.05, 4.69) is 20.5 Å². The van der Waals surface area contributed by atoms with Gasteiger partial charge in [-0.2, -0.15) is 0 Å². The molecule has 0 saturated carbocycles. The van der Waals surface area contributed by atoms with Gasteiger partial charge in [-0.05, 0) is 60.7 Å². The van der Waals surface area contributed by atoms with E-state index in [1.807, 2.05) is 34.9 Å². The van der Waals surface area contributed by atoms with E-state index in [0.717, 1.165) is 5.69 Å². The average Bonchev–Trinajstić information content (AvgIpc) is 3.23. The normalized spacial score (nSPS) is 10.7. The molecule has 4 rings (SSSR count). The van der Waals surface area contributed by atoms with E-state index < -0.39 is 5.91 Å². The minimum absolute atomic E-state index is 0.103. The van der Waals surface area contributed by atoms with Crippen LogP contribution < -0.4 is 11.1 Å². The molecule has 0 saturated heterocycles. The van der Waals surface area contributed by atoms with Crippen LogP contribution in [0.15, 0.2) is 78.1 Å². The molecule has 0 aliphatic heterocycles. The number of carbonyl (C=O) groups is 2. The number of nitrogens with zero attached hydrogens (tertiary/aromatic N) is 4. The monoisotopic (exact) mass is 464 g/mol. The first kappa shape index (κ1) is 21.5. The molecule has 2 heterocycles. The Labute approximate surface area is 192 Å². The van der Waals surface area contributed by atoms with Gasteiger partial charge in [-0.15, -0.1) is 10.2 Å². The number of thioether (sulfide) groups is 1. The summed E-state index contributed by atoms with van der Waals surface area (Å²) in [6, 6.07) is 19.1. The van der Waals surface area contributed by atoms with E-state index in [1.54, 1.807) is 42.6 Å². The van der Waals surface area contributed by atoms with Gasteiger partial charge in [0.25, 0.3) is 0 Å². The molecule has 160 valence electrons. The third-order valence-corrected chi connectivity index (χ3v) is 5.58. The SMILES string of the molecule is NC(=O)c1ccc(NC(=O)CSc2nnc(-c3ccccn3)n2-c2ccc(Cl)cc2)cc1. The molecule has 32 heavy (non-hydrogen) atoms. The Kier molecular flexibility index (Phi) is 6.48. The molecule has 10 heteroatoms. The summed E-state index contributed by atoms with van der Waals surface area (Å²) in [5.41, 5.74) is 7.62. The lowest BCUT2D eigenvalue weighted by atomic mass is 10.2. The second-order valence-electron chi connectivity index (χ2n) is 6.61. The van der Waals surface area contributed by atoms with Gasteiger partial charge in [-0.3, -0.25) is 19.1 Å². The zero-order chi connectivity index (χ0) is 22.5. The summed E-state index contributed by atoms with van der Waals surface area (Å²) in [7, 11) is 0. The fourth-order valence-electron chi connectivity index (χ4n) is 2.89. The number of carbonyl (C=O) groups excluding carboxylic acids is 2. The van der Waals surface area contributed by atoms with Gasteiger partial charge in [0.05, 0.1) is 5.75 Å². The van der Waals surface area contributed by atoms with E-state index in [0.29, 0.717) is 32.9 Å². The smallest absolute Gasteiger partial charge is 0.248 e. The van der Waals surface area contributed by atoms with E-state index >= 15 is 0 Å². The van der Waals surface area contributed by atoms with Crippen molar-refractivity contribution in [2.24, 2.45) is 5.73 Å². The fraction of sp³-hybridized carbons (Fsp3) is 0.0455. The maximum Gasteiger partial charge on any atom is 0.248 e. The number of anilines is 1. The molecule has 0 spiro atoms. The topological polar surface area (TPSA) is 116 Å². The van der Waals surface area contributed by atoms with Gasteiger partial charge in [0, 0.05) is 28.2 Å². The lowest BCUT2D eigenvalue weighted by Gasteiger charge is -2.10. The van der Waals surface area contributed by atoms with Crippen molar-refractivity contribution in [3.05, 3.63) is 83.5 Å². The Bertz CT molecular complexity index is 1240. The maximum atomic E-state index is 12.5. The van der Waals surface area contributed by atoms with Crippen LogP contribution in [0.2, 0.25) is 5.02 Å². The molecule has 0 unspecified atom stereocenters. The molecule has 0 bridgehead atoms. The molecule has 0 fully saturated rings. The van der Waals surface area contributed by atoms with Crippen LogP contribution in [0.3, 0.4) is 0 Å². The summed E-state index contributed by atoms with van der Waals surface area (Å²) >= 11 is 7.28. The van der Waals surface area contributed by atoms with Gasteiger partial charge < -0.3 is 11.1 Å². The van der Waals surface area contributed by atoms with Crippen LogP contribution in [0.25, 0.3) is 17.2 Å². The second-order valence-corrected chi connectivity index (χ2v) is 7.99. The van der Waals surface area contributed by atoms with Gasteiger partial charge in [0.2, 0.25) is 11.8 Å². The first-order valence-electron chi connectivity index (χ1n) is 9.46. The number of primary amides is 1. The van der Waals surface area contributed by atoms with Crippen molar-refractivity contribution in [3.8, 4) is 17.2 Å². The summed E-state index contributed by atoms with van der Waals surface area (Å²) in [5.74, 6) is -0.0978. The highest BCUT2D eigenvalue weighted by atomic mass is 35.5. The number of halogens is 1. The molecular formula is C22H17ClN6O2S. The zero-order valence-electron chi connectivity index (χ0n) is 16.6. The molecule has 2 aromatic carbocycles. The summed E-state index contributed by atoms with van der Waals surface area (Å²) in [5, 5.41) is 12.5. The van der Waals surface area contributed by atoms with E-state index in [9.17, 15) is 9.59 Å². The number of nitrogens with two attached hydrogens (primary N) is 1. The lowest BCUT2D eigenvalue weighted by Crippen LogP contribution is -2.15. The van der Waals surface area contributed by atoms with Crippen LogP contribution in [0.5, 0.6) is 0 Å². The first-order valence-corrected chi connectivity index (χ1v) is 10.8. The number of benzene rings is 2. The molecule has 0 aliphatic carbocycles. The summed E-state index contributed by atoms with van der Waals surface area (Å²) in [4.78, 5) is 28.0. The molecule has 0 aliphatic rings. The zero-order valence-corrected chi connectivity index (χ0v) is 18.2. The number of pyridine rings is 1. The van der Waals surface area contributed by atoms with Crippen LogP contribution in [0, 0.1) is 0 Å². The Morgan fingerprint density at radius 3 is 2.41 bits per heavy atom. The Hall–Kier alpha value is -3.69. The molecule has 4 aromatic rings. The Morgan fingerprint density at radius 2 is 1.75 bits per heavy atom. The number of aromatic nitrogens is 4. The van der Waals surface area contributed by atoms with Crippen LogP contribution in [0.1, 0.15) is 10.4 Å². The molecular weight excluding hydrogens is 448 g/mol. The third kappa shape index (κ3) is 4.96. The van der Waals surface area contributed by atoms with Crippen molar-refractivity contribution >= 4 is 40.9 Å². The highest BCUT2D eigenvalue weighted by molar-refractivity contribution is 7.99. The van der Waals surface area contributed by atoms with Crippen LogP contribution in [-0.4, -0.2) is 37.3 Å². The minimum atomic E-state index is -0.524. The van der Waals surface area contributed by atoms with Crippen molar-refractivity contribution in [2.75, 3.05) is 11.1 Å². The number of hydrogen-bond donors (Lipinski definition) is 2. The highest BCUT2D eigenvalue weighted by Crippen LogP contribution is 2.27. The molecule has 2 amide bonds. The molecule has 8 nitrogen and oxygen atoms in total. The standard InChI is InChI=1S/C22H17ClN6O2S/c23-15-6-10-17(11-7-15)29-21(18-3-1-2-12-25-18)27-28-22(29)32-13-19(30)26-16-8-4-14(5-9-16)20(24)31/h1-12H,13H2,(H2,24,31)(H,26,30). The van der Waals surface area contributed by atoms with E-state index in [-0.39, 0.29) is 11.7 Å². The van der Waals surface area contributed by atoms with Crippen LogP contribution in [0.4, 0.5) is 5.69 Å². The number of amides is 2. The Morgan fingerprint density at radius 1 is 1.00 bits per heavy atom. The Balaban J connectivity index is 1.54. The van der Waals surface area contributed by atoms with E-state index in [4.69, 9.17) is 17.3 Å². The van der Waals surface area contributed by atoms with Gasteiger partial charge in [0.15, 0.2) is 11.0 Å². The van der Waals surface area contributed by atoms with Crippen LogP contribution >= 0.6 is 23.4 Å². The van der Waals surface area contributed by atoms with Crippen molar-refractivity contribution in [3.63, 3.8) is 0 Å². The van der Waals surface area contributed by atoms with Gasteiger partial charge in [0.1, 0.15) is 5.69 Å². The predicted octanol–water partition coefficient (Wildman–Crippen LogP) is 3.81. The highest BCUT2D eigenvalue weighted by Gasteiger charge is 2.18. The van der Waals surface area contributed by atoms with Gasteiger partial charge in [-0.1, -0.05) is 29.4 Å². The molecule has 2 aromatic heterocycles.